The molecular formula is C11H16N2O. The van der Waals surface area contributed by atoms with Crippen LogP contribution in [0.3, 0.4) is 0 Å². The molecule has 0 saturated heterocycles. The number of nitrogens with one attached hydrogen (secondary N) is 1. The minimum absolute atomic E-state index is 0.143. The Bertz CT molecular complexity index is 323. The molecule has 0 aliphatic rings. The van der Waals surface area contributed by atoms with Crippen molar-refractivity contribution in [2.45, 2.75) is 13.8 Å². The number of rotatable bonds is 4. The van der Waals surface area contributed by atoms with Gasteiger partial charge in [-0.3, -0.25) is 4.79 Å². The van der Waals surface area contributed by atoms with E-state index < -0.39 is 0 Å². The zero-order chi connectivity index (χ0) is 10.6. The van der Waals surface area contributed by atoms with E-state index in [0.717, 1.165) is 5.69 Å². The van der Waals surface area contributed by atoms with E-state index in [9.17, 15) is 4.79 Å². The number of amides is 1. The van der Waals surface area contributed by atoms with E-state index in [4.69, 9.17) is 5.73 Å². The van der Waals surface area contributed by atoms with Crippen molar-refractivity contribution < 1.29 is 4.79 Å². The van der Waals surface area contributed by atoms with Crippen molar-refractivity contribution in [2.75, 3.05) is 11.9 Å². The highest BCUT2D eigenvalue weighted by atomic mass is 16.1. The highest BCUT2D eigenvalue weighted by Crippen LogP contribution is 2.09. The Morgan fingerprint density at radius 3 is 2.86 bits per heavy atom. The standard InChI is InChI=1S/C11H16N2O/c1-8-4-3-5-10(6-8)13-7-9(2)11(12)14/h3-6,9,13H,7H2,1-2H3,(H2,12,14). The Morgan fingerprint density at radius 2 is 2.29 bits per heavy atom. The molecular weight excluding hydrogens is 176 g/mol. The fraction of sp³-hybridized carbons (Fsp3) is 0.364. The van der Waals surface area contributed by atoms with Crippen molar-refractivity contribution in [3.05, 3.63) is 29.8 Å². The zero-order valence-corrected chi connectivity index (χ0v) is 8.58. The van der Waals surface area contributed by atoms with Gasteiger partial charge in [0.1, 0.15) is 0 Å². The van der Waals surface area contributed by atoms with Gasteiger partial charge in [0.25, 0.3) is 0 Å². The second-order valence-corrected chi connectivity index (χ2v) is 3.55. The molecule has 1 unspecified atom stereocenters. The number of anilines is 1. The normalized spacial score (nSPS) is 12.1. The number of nitrogens with two attached hydrogens (primary N) is 1. The number of aryl methyl sites for hydroxylation is 1. The molecule has 0 fully saturated rings. The van der Waals surface area contributed by atoms with Crippen LogP contribution in [-0.4, -0.2) is 12.5 Å². The van der Waals surface area contributed by atoms with E-state index >= 15 is 0 Å². The van der Waals surface area contributed by atoms with E-state index in [2.05, 4.69) is 5.32 Å². The molecule has 3 N–H and O–H groups in total. The van der Waals surface area contributed by atoms with E-state index in [0.29, 0.717) is 6.54 Å². The number of hydrogen-bond donors (Lipinski definition) is 2. The fourth-order valence-corrected chi connectivity index (χ4v) is 1.13. The van der Waals surface area contributed by atoms with Gasteiger partial charge in [-0.15, -0.1) is 0 Å². The maximum Gasteiger partial charge on any atom is 0.222 e. The van der Waals surface area contributed by atoms with Gasteiger partial charge in [-0.05, 0) is 24.6 Å². The third-order valence-electron chi connectivity index (χ3n) is 2.12. The molecule has 0 spiro atoms. The fourth-order valence-electron chi connectivity index (χ4n) is 1.13. The lowest BCUT2D eigenvalue weighted by molar-refractivity contribution is -0.120. The first-order valence-corrected chi connectivity index (χ1v) is 4.69. The Balaban J connectivity index is 2.49. The first-order valence-electron chi connectivity index (χ1n) is 4.69. The summed E-state index contributed by atoms with van der Waals surface area (Å²) in [5, 5.41) is 3.17. The first-order chi connectivity index (χ1) is 6.59. The molecule has 1 rings (SSSR count). The van der Waals surface area contributed by atoms with Gasteiger partial charge >= 0.3 is 0 Å². The first kappa shape index (κ1) is 10.6. The van der Waals surface area contributed by atoms with Gasteiger partial charge < -0.3 is 11.1 Å². The quantitative estimate of drug-likeness (QED) is 0.760. The van der Waals surface area contributed by atoms with E-state index in [1.54, 1.807) is 0 Å². The minimum Gasteiger partial charge on any atom is -0.384 e. The number of benzene rings is 1. The molecule has 76 valence electrons. The SMILES string of the molecule is Cc1cccc(NCC(C)C(N)=O)c1. The summed E-state index contributed by atoms with van der Waals surface area (Å²) in [6.45, 7) is 4.42. The maximum absolute atomic E-state index is 10.8. The largest absolute Gasteiger partial charge is 0.384 e. The lowest BCUT2D eigenvalue weighted by atomic mass is 10.1. The summed E-state index contributed by atoms with van der Waals surface area (Å²) < 4.78 is 0. The summed E-state index contributed by atoms with van der Waals surface area (Å²) in [6.07, 6.45) is 0. The summed E-state index contributed by atoms with van der Waals surface area (Å²) in [7, 11) is 0. The number of carbonyl (C=O) groups excluding carboxylic acids is 1. The van der Waals surface area contributed by atoms with Gasteiger partial charge in [0, 0.05) is 12.2 Å². The molecule has 3 nitrogen and oxygen atoms in total. The van der Waals surface area contributed by atoms with Crippen LogP contribution < -0.4 is 11.1 Å². The van der Waals surface area contributed by atoms with Crippen LogP contribution in [-0.2, 0) is 4.79 Å². The molecule has 1 atom stereocenters. The molecule has 0 aromatic heterocycles. The van der Waals surface area contributed by atoms with E-state index in [1.165, 1.54) is 5.56 Å². The molecule has 0 radical (unpaired) electrons. The smallest absolute Gasteiger partial charge is 0.222 e. The summed E-state index contributed by atoms with van der Waals surface area (Å²) in [5.41, 5.74) is 7.37. The van der Waals surface area contributed by atoms with Crippen molar-refractivity contribution in [1.82, 2.24) is 0 Å². The molecule has 0 aliphatic heterocycles. The Morgan fingerprint density at radius 1 is 1.57 bits per heavy atom. The highest BCUT2D eigenvalue weighted by Gasteiger charge is 2.07. The molecule has 14 heavy (non-hydrogen) atoms. The second kappa shape index (κ2) is 4.65. The average molecular weight is 192 g/mol. The van der Waals surface area contributed by atoms with E-state index in [1.807, 2.05) is 38.1 Å². The van der Waals surface area contributed by atoms with Gasteiger partial charge in [-0.1, -0.05) is 19.1 Å². The van der Waals surface area contributed by atoms with Crippen LogP contribution in [0.2, 0.25) is 0 Å². The van der Waals surface area contributed by atoms with Gasteiger partial charge in [0.05, 0.1) is 5.92 Å². The van der Waals surface area contributed by atoms with Crippen molar-refractivity contribution in [1.29, 1.82) is 0 Å². The molecule has 0 aliphatic carbocycles. The van der Waals surface area contributed by atoms with Crippen LogP contribution >= 0.6 is 0 Å². The van der Waals surface area contributed by atoms with Crippen LogP contribution in [0.4, 0.5) is 5.69 Å². The predicted octanol–water partition coefficient (Wildman–Crippen LogP) is 1.53. The van der Waals surface area contributed by atoms with Gasteiger partial charge in [0.2, 0.25) is 5.91 Å². The topological polar surface area (TPSA) is 55.1 Å². The average Bonchev–Trinajstić information content (AvgIpc) is 2.14. The van der Waals surface area contributed by atoms with Gasteiger partial charge in [-0.2, -0.15) is 0 Å². The summed E-state index contributed by atoms with van der Waals surface area (Å²) in [4.78, 5) is 10.8. The van der Waals surface area contributed by atoms with Crippen LogP contribution in [0.25, 0.3) is 0 Å². The molecule has 1 aromatic rings. The van der Waals surface area contributed by atoms with Crippen molar-refractivity contribution in [2.24, 2.45) is 11.7 Å². The molecule has 0 saturated carbocycles. The van der Waals surface area contributed by atoms with Gasteiger partial charge in [0.15, 0.2) is 0 Å². The number of primary amides is 1. The number of carbonyl (C=O) groups is 1. The number of hydrogen-bond acceptors (Lipinski definition) is 2. The van der Waals surface area contributed by atoms with Crippen molar-refractivity contribution in [3.63, 3.8) is 0 Å². The molecule has 1 aromatic carbocycles. The van der Waals surface area contributed by atoms with Crippen molar-refractivity contribution >= 4 is 11.6 Å². The molecule has 0 bridgehead atoms. The van der Waals surface area contributed by atoms with Crippen LogP contribution in [0.15, 0.2) is 24.3 Å². The van der Waals surface area contributed by atoms with Gasteiger partial charge in [-0.25, -0.2) is 0 Å². The van der Waals surface area contributed by atoms with Crippen molar-refractivity contribution in [3.8, 4) is 0 Å². The monoisotopic (exact) mass is 192 g/mol. The summed E-state index contributed by atoms with van der Waals surface area (Å²) in [6, 6.07) is 8.02. The highest BCUT2D eigenvalue weighted by molar-refractivity contribution is 5.76. The van der Waals surface area contributed by atoms with E-state index in [-0.39, 0.29) is 11.8 Å². The minimum atomic E-state index is -0.273. The summed E-state index contributed by atoms with van der Waals surface area (Å²) in [5.74, 6) is -0.416. The zero-order valence-electron chi connectivity index (χ0n) is 8.58. The van der Waals surface area contributed by atoms with Crippen LogP contribution in [0.5, 0.6) is 0 Å². The van der Waals surface area contributed by atoms with Crippen LogP contribution in [0.1, 0.15) is 12.5 Å². The molecule has 1 amide bonds. The Kier molecular flexibility index (Phi) is 3.51. The summed E-state index contributed by atoms with van der Waals surface area (Å²) >= 11 is 0. The molecule has 3 heteroatoms. The lowest BCUT2D eigenvalue weighted by Gasteiger charge is -2.10. The molecule has 0 heterocycles. The lowest BCUT2D eigenvalue weighted by Crippen LogP contribution is -2.26. The maximum atomic E-state index is 10.8. The Labute approximate surface area is 84.3 Å². The third-order valence-corrected chi connectivity index (χ3v) is 2.12. The Hall–Kier alpha value is -1.51. The third kappa shape index (κ3) is 3.09. The van der Waals surface area contributed by atoms with Crippen LogP contribution in [0, 0.1) is 12.8 Å². The predicted molar refractivity (Wildman–Crippen MR) is 58.0 cm³/mol. The second-order valence-electron chi connectivity index (χ2n) is 3.55.